The van der Waals surface area contributed by atoms with E-state index in [1.54, 1.807) is 11.8 Å². The van der Waals surface area contributed by atoms with Crippen LogP contribution in [-0.4, -0.2) is 71.0 Å². The summed E-state index contributed by atoms with van der Waals surface area (Å²) >= 11 is 6.33. The molecule has 2 aliphatic rings. The van der Waals surface area contributed by atoms with Crippen LogP contribution in [0.25, 0.3) is 0 Å². The Morgan fingerprint density at radius 1 is 1.48 bits per heavy atom. The fraction of sp³-hybridized carbons (Fsp3) is 0.733. The number of fused-ring (bicyclic) bond motifs is 1. The minimum absolute atomic E-state index is 0.0227. The van der Waals surface area contributed by atoms with Crippen LogP contribution in [0.15, 0.2) is 0 Å². The number of hydrogen-bond donors (Lipinski definition) is 1. The van der Waals surface area contributed by atoms with Gasteiger partial charge in [-0.1, -0.05) is 11.6 Å². The van der Waals surface area contributed by atoms with Crippen molar-refractivity contribution < 1.29 is 9.53 Å². The number of urea groups is 1. The Labute approximate surface area is 141 Å². The maximum Gasteiger partial charge on any atom is 0.318 e. The average Bonchev–Trinajstić information content (AvgIpc) is 2.95. The largest absolute Gasteiger partial charge is 0.383 e. The molecule has 3 heterocycles. The van der Waals surface area contributed by atoms with Gasteiger partial charge in [0.15, 0.2) is 0 Å². The number of likely N-dealkylation sites (tertiary alicyclic amines) is 1. The van der Waals surface area contributed by atoms with Crippen molar-refractivity contribution in [1.29, 1.82) is 0 Å². The molecule has 2 saturated heterocycles. The zero-order valence-electron chi connectivity index (χ0n) is 13.9. The van der Waals surface area contributed by atoms with Crippen LogP contribution in [0.3, 0.4) is 0 Å². The second kappa shape index (κ2) is 6.67. The van der Waals surface area contributed by atoms with E-state index < -0.39 is 0 Å². The molecule has 2 fully saturated rings. The molecule has 23 heavy (non-hydrogen) atoms. The smallest absolute Gasteiger partial charge is 0.318 e. The zero-order valence-corrected chi connectivity index (χ0v) is 14.6. The summed E-state index contributed by atoms with van der Waals surface area (Å²) in [5.74, 6) is 0. The Morgan fingerprint density at radius 2 is 2.26 bits per heavy atom. The highest BCUT2D eigenvalue weighted by molar-refractivity contribution is 6.30. The predicted molar refractivity (Wildman–Crippen MR) is 87.5 cm³/mol. The van der Waals surface area contributed by atoms with Crippen LogP contribution in [0.4, 0.5) is 4.79 Å². The second-order valence-corrected chi connectivity index (χ2v) is 6.67. The van der Waals surface area contributed by atoms with Gasteiger partial charge in [0.05, 0.1) is 24.4 Å². The van der Waals surface area contributed by atoms with Gasteiger partial charge in [-0.15, -0.1) is 0 Å². The van der Waals surface area contributed by atoms with E-state index in [1.807, 2.05) is 18.9 Å². The third kappa shape index (κ3) is 3.18. The van der Waals surface area contributed by atoms with Gasteiger partial charge in [-0.3, -0.25) is 9.58 Å². The summed E-state index contributed by atoms with van der Waals surface area (Å²) in [6.07, 6.45) is 0.962. The van der Waals surface area contributed by atoms with E-state index in [2.05, 4.69) is 15.3 Å². The van der Waals surface area contributed by atoms with Crippen LogP contribution < -0.4 is 5.32 Å². The van der Waals surface area contributed by atoms with Crippen LogP contribution in [0.1, 0.15) is 17.7 Å². The predicted octanol–water partition coefficient (Wildman–Crippen LogP) is 0.996. The number of nitrogens with one attached hydrogen (secondary N) is 1. The minimum atomic E-state index is 0.0227. The molecule has 0 saturated carbocycles. The maximum atomic E-state index is 12.1. The van der Waals surface area contributed by atoms with Gasteiger partial charge in [0, 0.05) is 45.9 Å². The SMILES string of the molecule is COCCN1C(=O)N[C@@H]2CN(Cc3c(C)nn(C)c3Cl)CC[C@@H]21. The van der Waals surface area contributed by atoms with Crippen molar-refractivity contribution in [2.75, 3.05) is 33.4 Å². The van der Waals surface area contributed by atoms with Crippen molar-refractivity contribution in [3.8, 4) is 0 Å². The molecule has 0 radical (unpaired) electrons. The van der Waals surface area contributed by atoms with E-state index in [0.29, 0.717) is 18.3 Å². The lowest BCUT2D eigenvalue weighted by Gasteiger charge is -2.36. The number of ether oxygens (including phenoxy) is 1. The molecular formula is C15H24ClN5O2. The van der Waals surface area contributed by atoms with Gasteiger partial charge in [0.1, 0.15) is 5.15 Å². The Hall–Kier alpha value is -1.31. The third-order valence-corrected chi connectivity index (χ3v) is 5.29. The summed E-state index contributed by atoms with van der Waals surface area (Å²) in [6, 6.07) is 0.456. The van der Waals surface area contributed by atoms with Crippen LogP contribution in [-0.2, 0) is 18.3 Å². The Kier molecular flexibility index (Phi) is 4.79. The van der Waals surface area contributed by atoms with Gasteiger partial charge in [-0.05, 0) is 13.3 Å². The quantitative estimate of drug-likeness (QED) is 0.867. The lowest BCUT2D eigenvalue weighted by Crippen LogP contribution is -2.51. The van der Waals surface area contributed by atoms with Crippen molar-refractivity contribution in [2.45, 2.75) is 32.0 Å². The zero-order chi connectivity index (χ0) is 16.6. The molecule has 0 bridgehead atoms. The van der Waals surface area contributed by atoms with E-state index >= 15 is 0 Å². The Morgan fingerprint density at radius 3 is 2.91 bits per heavy atom. The molecule has 3 rings (SSSR count). The summed E-state index contributed by atoms with van der Waals surface area (Å²) in [5, 5.41) is 8.16. The average molecular weight is 342 g/mol. The number of nitrogens with zero attached hydrogens (tertiary/aromatic N) is 4. The summed E-state index contributed by atoms with van der Waals surface area (Å²) < 4.78 is 6.82. The number of carbonyl (C=O) groups excluding carboxylic acids is 1. The first-order valence-corrected chi connectivity index (χ1v) is 8.35. The summed E-state index contributed by atoms with van der Waals surface area (Å²) in [7, 11) is 3.52. The number of aromatic nitrogens is 2. The lowest BCUT2D eigenvalue weighted by atomic mass is 9.99. The molecule has 0 unspecified atom stereocenters. The first-order chi connectivity index (χ1) is 11.0. The fourth-order valence-electron chi connectivity index (χ4n) is 3.59. The molecule has 128 valence electrons. The Bertz CT molecular complexity index is 591. The van der Waals surface area contributed by atoms with Gasteiger partial charge >= 0.3 is 6.03 Å². The van der Waals surface area contributed by atoms with Crippen LogP contribution >= 0.6 is 11.6 Å². The van der Waals surface area contributed by atoms with Gasteiger partial charge in [0.25, 0.3) is 0 Å². The highest BCUT2D eigenvalue weighted by atomic mass is 35.5. The minimum Gasteiger partial charge on any atom is -0.383 e. The van der Waals surface area contributed by atoms with Crippen molar-refractivity contribution in [2.24, 2.45) is 7.05 Å². The summed E-state index contributed by atoms with van der Waals surface area (Å²) in [6.45, 7) is 5.77. The highest BCUT2D eigenvalue weighted by Gasteiger charge is 2.42. The topological polar surface area (TPSA) is 62.6 Å². The number of rotatable bonds is 5. The standard InChI is InChI=1S/C15H24ClN5O2/c1-10-11(14(16)19(2)18-10)8-20-5-4-13-12(9-20)17-15(22)21(13)6-7-23-3/h12-13H,4-9H2,1-3H3,(H,17,22)/t12-,13+/m1/s1. The lowest BCUT2D eigenvalue weighted by molar-refractivity contribution is 0.111. The number of halogens is 1. The third-order valence-electron chi connectivity index (χ3n) is 4.82. The van der Waals surface area contributed by atoms with E-state index in [4.69, 9.17) is 16.3 Å². The van der Waals surface area contributed by atoms with Crippen molar-refractivity contribution in [3.05, 3.63) is 16.4 Å². The van der Waals surface area contributed by atoms with Gasteiger partial charge in [-0.25, -0.2) is 4.79 Å². The van der Waals surface area contributed by atoms with Crippen LogP contribution in [0.5, 0.6) is 0 Å². The van der Waals surface area contributed by atoms with Gasteiger partial charge in [0.2, 0.25) is 0 Å². The van der Waals surface area contributed by atoms with E-state index in [-0.39, 0.29) is 18.1 Å². The second-order valence-electron chi connectivity index (χ2n) is 6.31. The summed E-state index contributed by atoms with van der Waals surface area (Å²) in [5.41, 5.74) is 2.05. The van der Waals surface area contributed by atoms with E-state index in [9.17, 15) is 4.79 Å². The fourth-order valence-corrected chi connectivity index (χ4v) is 3.83. The molecule has 1 aromatic heterocycles. The molecule has 2 aliphatic heterocycles. The first kappa shape index (κ1) is 16.5. The molecule has 7 nitrogen and oxygen atoms in total. The molecule has 1 N–H and O–H groups in total. The molecule has 0 aromatic carbocycles. The normalized spacial score (nSPS) is 24.9. The number of piperidine rings is 1. The molecule has 1 aromatic rings. The van der Waals surface area contributed by atoms with E-state index in [1.165, 1.54) is 0 Å². The number of methoxy groups -OCH3 is 1. The van der Waals surface area contributed by atoms with Crippen LogP contribution in [0, 0.1) is 6.92 Å². The van der Waals surface area contributed by atoms with E-state index in [0.717, 1.165) is 37.3 Å². The van der Waals surface area contributed by atoms with Crippen LogP contribution in [0.2, 0.25) is 5.15 Å². The number of aryl methyl sites for hydroxylation is 2. The molecular weight excluding hydrogens is 318 g/mol. The number of hydrogen-bond acceptors (Lipinski definition) is 4. The molecule has 2 amide bonds. The van der Waals surface area contributed by atoms with Crippen molar-refractivity contribution in [3.63, 3.8) is 0 Å². The number of carbonyl (C=O) groups is 1. The number of amides is 2. The van der Waals surface area contributed by atoms with Gasteiger partial charge in [-0.2, -0.15) is 5.10 Å². The maximum absolute atomic E-state index is 12.1. The van der Waals surface area contributed by atoms with Crippen molar-refractivity contribution >= 4 is 17.6 Å². The molecule has 0 aliphatic carbocycles. The Balaban J connectivity index is 1.64. The highest BCUT2D eigenvalue weighted by Crippen LogP contribution is 2.26. The molecule has 0 spiro atoms. The van der Waals surface area contributed by atoms with Gasteiger partial charge < -0.3 is 15.0 Å². The van der Waals surface area contributed by atoms with Crippen molar-refractivity contribution in [1.82, 2.24) is 24.9 Å². The molecule has 8 heteroatoms. The summed E-state index contributed by atoms with van der Waals surface area (Å²) in [4.78, 5) is 16.4. The monoisotopic (exact) mass is 341 g/mol. The molecule has 2 atom stereocenters. The first-order valence-electron chi connectivity index (χ1n) is 7.97.